The SMILES string of the molecule is [2H]C1=NCC=C(c2ncc(Cc3ccccc3)cn2)C1C(C)(C)C. The van der Waals surface area contributed by atoms with Gasteiger partial charge in [0.05, 0.1) is 7.92 Å². The quantitative estimate of drug-likeness (QED) is 0.852. The Morgan fingerprint density at radius 1 is 1.09 bits per heavy atom. The standard InChI is InChI=1S/C20H23N3/c1-20(2,3)18-14-21-10-9-17(18)19-22-12-16(13-23-19)11-15-7-5-4-6-8-15/h4-9,12-14,18H,10-11H2,1-3H3/i14D. The summed E-state index contributed by atoms with van der Waals surface area (Å²) in [6.07, 6.45) is 7.10. The Morgan fingerprint density at radius 2 is 1.78 bits per heavy atom. The van der Waals surface area contributed by atoms with Crippen molar-refractivity contribution in [2.75, 3.05) is 6.54 Å². The van der Waals surface area contributed by atoms with Crippen molar-refractivity contribution in [2.45, 2.75) is 27.2 Å². The van der Waals surface area contributed by atoms with Crippen LogP contribution in [0.15, 0.2) is 53.8 Å². The lowest BCUT2D eigenvalue weighted by Gasteiger charge is -2.30. The van der Waals surface area contributed by atoms with Crippen LogP contribution in [0, 0.1) is 11.3 Å². The van der Waals surface area contributed by atoms with E-state index in [1.807, 2.05) is 30.6 Å². The maximum absolute atomic E-state index is 8.21. The zero-order valence-corrected chi connectivity index (χ0v) is 14.0. The van der Waals surface area contributed by atoms with E-state index >= 15 is 0 Å². The summed E-state index contributed by atoms with van der Waals surface area (Å²) in [5, 5.41) is 0. The lowest BCUT2D eigenvalue weighted by atomic mass is 9.75. The van der Waals surface area contributed by atoms with Crippen LogP contribution in [0.2, 0.25) is 0 Å². The summed E-state index contributed by atoms with van der Waals surface area (Å²) < 4.78 is 8.21. The van der Waals surface area contributed by atoms with E-state index < -0.39 is 0 Å². The number of benzene rings is 1. The van der Waals surface area contributed by atoms with E-state index in [1.54, 1.807) is 0 Å². The molecule has 2 heterocycles. The van der Waals surface area contributed by atoms with Crippen LogP contribution in [0.1, 0.15) is 39.1 Å². The molecule has 1 atom stereocenters. The van der Waals surface area contributed by atoms with Gasteiger partial charge in [-0.25, -0.2) is 9.97 Å². The van der Waals surface area contributed by atoms with Gasteiger partial charge in [0.1, 0.15) is 0 Å². The molecular weight excluding hydrogens is 282 g/mol. The highest BCUT2D eigenvalue weighted by molar-refractivity contribution is 5.83. The van der Waals surface area contributed by atoms with Gasteiger partial charge in [-0.05, 0) is 16.5 Å². The molecule has 0 N–H and O–H groups in total. The van der Waals surface area contributed by atoms with Gasteiger partial charge in [-0.2, -0.15) is 0 Å². The zero-order valence-electron chi connectivity index (χ0n) is 15.0. The van der Waals surface area contributed by atoms with E-state index in [1.165, 1.54) is 5.56 Å². The maximum atomic E-state index is 8.21. The Kier molecular flexibility index (Phi) is 4.01. The molecule has 0 amide bonds. The summed E-state index contributed by atoms with van der Waals surface area (Å²) in [4.78, 5) is 13.4. The van der Waals surface area contributed by atoms with Crippen molar-refractivity contribution in [3.63, 3.8) is 0 Å². The molecule has 0 saturated carbocycles. The molecule has 1 aromatic heterocycles. The molecule has 3 rings (SSSR count). The molecule has 118 valence electrons. The second kappa shape index (κ2) is 6.45. The van der Waals surface area contributed by atoms with Gasteiger partial charge >= 0.3 is 0 Å². The van der Waals surface area contributed by atoms with Crippen molar-refractivity contribution in [1.82, 2.24) is 9.97 Å². The highest BCUT2D eigenvalue weighted by Gasteiger charge is 2.29. The van der Waals surface area contributed by atoms with Crippen molar-refractivity contribution < 1.29 is 1.37 Å². The number of hydrogen-bond acceptors (Lipinski definition) is 3. The van der Waals surface area contributed by atoms with Crippen molar-refractivity contribution in [1.29, 1.82) is 0 Å². The number of nitrogens with zero attached hydrogens (tertiary/aromatic N) is 3. The van der Waals surface area contributed by atoms with Crippen LogP contribution in [-0.2, 0) is 6.42 Å². The van der Waals surface area contributed by atoms with E-state index in [0.29, 0.717) is 18.6 Å². The van der Waals surface area contributed by atoms with Gasteiger partial charge in [0, 0.05) is 36.5 Å². The molecule has 0 spiro atoms. The molecule has 2 aromatic rings. The number of allylic oxidation sites excluding steroid dienone is 1. The number of aromatic nitrogens is 2. The molecule has 1 aromatic carbocycles. The number of dihydropyridines is 1. The second-order valence-electron chi connectivity index (χ2n) is 7.01. The molecule has 0 aliphatic carbocycles. The first-order valence-corrected chi connectivity index (χ1v) is 8.01. The third-order valence-electron chi connectivity index (χ3n) is 4.01. The summed E-state index contributed by atoms with van der Waals surface area (Å²) in [6, 6.07) is 10.3. The molecule has 0 fully saturated rings. The first-order valence-electron chi connectivity index (χ1n) is 8.51. The maximum Gasteiger partial charge on any atom is 0.155 e. The molecule has 3 nitrogen and oxygen atoms in total. The van der Waals surface area contributed by atoms with Crippen LogP contribution in [0.25, 0.3) is 5.57 Å². The van der Waals surface area contributed by atoms with E-state index in [2.05, 4.69) is 53.9 Å². The van der Waals surface area contributed by atoms with Crippen LogP contribution in [-0.4, -0.2) is 22.7 Å². The van der Waals surface area contributed by atoms with E-state index in [9.17, 15) is 0 Å². The van der Waals surface area contributed by atoms with Crippen molar-refractivity contribution >= 4 is 11.8 Å². The highest BCUT2D eigenvalue weighted by Crippen LogP contribution is 2.36. The Morgan fingerprint density at radius 3 is 2.43 bits per heavy atom. The molecule has 1 aliphatic heterocycles. The Bertz CT molecular complexity index is 756. The summed E-state index contributed by atoms with van der Waals surface area (Å²) >= 11 is 0. The van der Waals surface area contributed by atoms with Gasteiger partial charge in [0.2, 0.25) is 0 Å². The van der Waals surface area contributed by atoms with Gasteiger partial charge in [0.15, 0.2) is 5.82 Å². The fraction of sp³-hybridized carbons (Fsp3) is 0.350. The van der Waals surface area contributed by atoms with E-state index in [0.717, 1.165) is 17.6 Å². The number of rotatable bonds is 3. The van der Waals surface area contributed by atoms with Gasteiger partial charge in [-0.1, -0.05) is 57.2 Å². The van der Waals surface area contributed by atoms with Gasteiger partial charge in [0.25, 0.3) is 0 Å². The first kappa shape index (κ1) is 14.3. The molecule has 0 bridgehead atoms. The third-order valence-corrected chi connectivity index (χ3v) is 4.01. The molecule has 1 unspecified atom stereocenters. The van der Waals surface area contributed by atoms with Gasteiger partial charge < -0.3 is 0 Å². The van der Waals surface area contributed by atoms with Crippen LogP contribution < -0.4 is 0 Å². The summed E-state index contributed by atoms with van der Waals surface area (Å²) in [5.41, 5.74) is 3.28. The van der Waals surface area contributed by atoms with E-state index in [-0.39, 0.29) is 11.3 Å². The van der Waals surface area contributed by atoms with Crippen molar-refractivity contribution in [3.05, 3.63) is 65.8 Å². The molecular formula is C20H23N3. The topological polar surface area (TPSA) is 38.1 Å². The fourth-order valence-electron chi connectivity index (χ4n) is 2.78. The third kappa shape index (κ3) is 3.73. The summed E-state index contributed by atoms with van der Waals surface area (Å²) in [5.74, 6) is 0.651. The average molecular weight is 306 g/mol. The van der Waals surface area contributed by atoms with E-state index in [4.69, 9.17) is 1.37 Å². The molecule has 3 heteroatoms. The normalized spacial score (nSPS) is 18.9. The summed E-state index contributed by atoms with van der Waals surface area (Å²) in [7, 11) is 0. The Labute approximate surface area is 139 Å². The monoisotopic (exact) mass is 306 g/mol. The molecule has 0 radical (unpaired) electrons. The average Bonchev–Trinajstić information content (AvgIpc) is 2.55. The van der Waals surface area contributed by atoms with Crippen molar-refractivity contribution in [2.24, 2.45) is 16.3 Å². The fourth-order valence-corrected chi connectivity index (χ4v) is 2.78. The molecule has 0 saturated heterocycles. The van der Waals surface area contributed by atoms with Crippen LogP contribution >= 0.6 is 0 Å². The van der Waals surface area contributed by atoms with Gasteiger partial charge in [-0.15, -0.1) is 0 Å². The first-order chi connectivity index (χ1) is 11.4. The molecule has 1 aliphatic rings. The minimum Gasteiger partial charge on any atom is -0.293 e. The zero-order chi connectivity index (χ0) is 17.2. The minimum absolute atomic E-state index is 0.0637. The lowest BCUT2D eigenvalue weighted by molar-refractivity contribution is 0.371. The van der Waals surface area contributed by atoms with Crippen LogP contribution in [0.5, 0.6) is 0 Å². The lowest BCUT2D eigenvalue weighted by Crippen LogP contribution is -2.26. The van der Waals surface area contributed by atoms with Crippen LogP contribution in [0.3, 0.4) is 0 Å². The number of aliphatic imine (C=N–C) groups is 1. The minimum atomic E-state index is -0.0844. The summed E-state index contributed by atoms with van der Waals surface area (Å²) in [6.45, 7) is 6.93. The number of hydrogen-bond donors (Lipinski definition) is 0. The Hall–Kier alpha value is -2.29. The largest absolute Gasteiger partial charge is 0.293 e. The Balaban J connectivity index is 1.83. The molecule has 23 heavy (non-hydrogen) atoms. The second-order valence-corrected chi connectivity index (χ2v) is 7.01. The van der Waals surface area contributed by atoms with Crippen molar-refractivity contribution in [3.8, 4) is 0 Å². The smallest absolute Gasteiger partial charge is 0.155 e. The highest BCUT2D eigenvalue weighted by atomic mass is 14.9. The van der Waals surface area contributed by atoms with Gasteiger partial charge in [-0.3, -0.25) is 4.99 Å². The predicted molar refractivity (Wildman–Crippen MR) is 95.6 cm³/mol. The van der Waals surface area contributed by atoms with Crippen LogP contribution in [0.4, 0.5) is 0 Å². The predicted octanol–water partition coefficient (Wildman–Crippen LogP) is 4.20.